The third kappa shape index (κ3) is 6.05. The molecule has 0 saturated carbocycles. The van der Waals surface area contributed by atoms with E-state index in [0.29, 0.717) is 11.3 Å². The summed E-state index contributed by atoms with van der Waals surface area (Å²) in [5.74, 6) is -1.32. The van der Waals surface area contributed by atoms with Crippen LogP contribution in [0.3, 0.4) is 0 Å². The fourth-order valence-electron chi connectivity index (χ4n) is 1.56. The van der Waals surface area contributed by atoms with Gasteiger partial charge in [0.1, 0.15) is 0 Å². The van der Waals surface area contributed by atoms with E-state index in [1.165, 1.54) is 19.9 Å². The summed E-state index contributed by atoms with van der Waals surface area (Å²) in [5.41, 5.74) is 0.864. The SMILES string of the molecule is CC(=O)NCCC(=O)O[C@@H](C)C(=O)Nc1cccc(C#N)c1. The molecule has 0 bridgehead atoms. The van der Waals surface area contributed by atoms with Gasteiger partial charge in [-0.3, -0.25) is 14.4 Å². The van der Waals surface area contributed by atoms with E-state index in [4.69, 9.17) is 10.00 Å². The van der Waals surface area contributed by atoms with Gasteiger partial charge in [-0.05, 0) is 25.1 Å². The van der Waals surface area contributed by atoms with Crippen molar-refractivity contribution in [1.29, 1.82) is 5.26 Å². The molecule has 0 saturated heterocycles. The number of anilines is 1. The highest BCUT2D eigenvalue weighted by atomic mass is 16.5. The molecule has 7 nitrogen and oxygen atoms in total. The van der Waals surface area contributed by atoms with Gasteiger partial charge in [0.25, 0.3) is 5.91 Å². The molecular formula is C15H17N3O4. The molecule has 0 aromatic heterocycles. The van der Waals surface area contributed by atoms with E-state index in [9.17, 15) is 14.4 Å². The largest absolute Gasteiger partial charge is 0.452 e. The monoisotopic (exact) mass is 303 g/mol. The van der Waals surface area contributed by atoms with Crippen LogP contribution in [0.4, 0.5) is 5.69 Å². The Labute approximate surface area is 128 Å². The maximum Gasteiger partial charge on any atom is 0.308 e. The van der Waals surface area contributed by atoms with Crippen molar-refractivity contribution in [2.75, 3.05) is 11.9 Å². The standard InChI is InChI=1S/C15H17N3O4/c1-10(22-14(20)6-7-17-11(2)19)15(21)18-13-5-3-4-12(8-13)9-16/h3-5,8,10H,6-7H2,1-2H3,(H,17,19)(H,18,21)/t10-/m0/s1. The van der Waals surface area contributed by atoms with Crippen LogP contribution in [0.1, 0.15) is 25.8 Å². The van der Waals surface area contributed by atoms with Crippen LogP contribution in [-0.2, 0) is 19.1 Å². The molecule has 0 spiro atoms. The zero-order valence-electron chi connectivity index (χ0n) is 12.4. The van der Waals surface area contributed by atoms with Crippen molar-refractivity contribution in [3.05, 3.63) is 29.8 Å². The number of ether oxygens (including phenoxy) is 1. The maximum atomic E-state index is 11.9. The number of benzene rings is 1. The van der Waals surface area contributed by atoms with Gasteiger partial charge >= 0.3 is 5.97 Å². The van der Waals surface area contributed by atoms with Crippen molar-refractivity contribution < 1.29 is 19.1 Å². The van der Waals surface area contributed by atoms with Crippen molar-refractivity contribution in [2.45, 2.75) is 26.4 Å². The van der Waals surface area contributed by atoms with E-state index >= 15 is 0 Å². The lowest BCUT2D eigenvalue weighted by Crippen LogP contribution is -2.31. The average Bonchev–Trinajstić information content (AvgIpc) is 2.46. The molecule has 22 heavy (non-hydrogen) atoms. The first-order valence-corrected chi connectivity index (χ1v) is 6.67. The Morgan fingerprint density at radius 3 is 2.73 bits per heavy atom. The summed E-state index contributed by atoms with van der Waals surface area (Å²) >= 11 is 0. The van der Waals surface area contributed by atoms with Gasteiger partial charge in [-0.25, -0.2) is 0 Å². The van der Waals surface area contributed by atoms with Gasteiger partial charge in [-0.15, -0.1) is 0 Å². The molecule has 1 atom stereocenters. The molecule has 2 amide bonds. The number of esters is 1. The first-order valence-electron chi connectivity index (χ1n) is 6.67. The van der Waals surface area contributed by atoms with Gasteiger partial charge in [0.2, 0.25) is 5.91 Å². The summed E-state index contributed by atoms with van der Waals surface area (Å²) in [5, 5.41) is 13.8. The summed E-state index contributed by atoms with van der Waals surface area (Å²) in [6, 6.07) is 8.36. The van der Waals surface area contributed by atoms with Crippen LogP contribution in [0.2, 0.25) is 0 Å². The second kappa shape index (κ2) is 8.42. The molecular weight excluding hydrogens is 286 g/mol. The molecule has 0 unspecified atom stereocenters. The highest BCUT2D eigenvalue weighted by molar-refractivity contribution is 5.95. The number of amides is 2. The summed E-state index contributed by atoms with van der Waals surface area (Å²) in [7, 11) is 0. The topological polar surface area (TPSA) is 108 Å². The molecule has 1 rings (SSSR count). The van der Waals surface area contributed by atoms with Crippen LogP contribution in [0.25, 0.3) is 0 Å². The van der Waals surface area contributed by atoms with Gasteiger partial charge in [0, 0.05) is 19.2 Å². The van der Waals surface area contributed by atoms with Crippen molar-refractivity contribution in [3.8, 4) is 6.07 Å². The third-order valence-corrected chi connectivity index (χ3v) is 2.64. The minimum atomic E-state index is -0.976. The first kappa shape index (κ1) is 17.2. The van der Waals surface area contributed by atoms with E-state index in [1.807, 2.05) is 6.07 Å². The van der Waals surface area contributed by atoms with Crippen LogP contribution in [-0.4, -0.2) is 30.4 Å². The number of nitriles is 1. The zero-order valence-corrected chi connectivity index (χ0v) is 12.4. The van der Waals surface area contributed by atoms with Crippen LogP contribution in [0.5, 0.6) is 0 Å². The average molecular weight is 303 g/mol. The first-order chi connectivity index (χ1) is 10.4. The smallest absolute Gasteiger partial charge is 0.308 e. The number of rotatable bonds is 6. The number of nitrogens with zero attached hydrogens (tertiary/aromatic N) is 1. The molecule has 2 N–H and O–H groups in total. The normalized spacial score (nSPS) is 11.0. The molecule has 0 radical (unpaired) electrons. The highest BCUT2D eigenvalue weighted by Crippen LogP contribution is 2.10. The van der Waals surface area contributed by atoms with Crippen molar-refractivity contribution in [3.63, 3.8) is 0 Å². The molecule has 1 aromatic carbocycles. The van der Waals surface area contributed by atoms with E-state index in [2.05, 4.69) is 10.6 Å². The number of carbonyl (C=O) groups excluding carboxylic acids is 3. The second-order valence-corrected chi connectivity index (χ2v) is 4.55. The summed E-state index contributed by atoms with van der Waals surface area (Å²) < 4.78 is 4.96. The van der Waals surface area contributed by atoms with Crippen molar-refractivity contribution >= 4 is 23.5 Å². The lowest BCUT2D eigenvalue weighted by molar-refractivity contribution is -0.153. The third-order valence-electron chi connectivity index (χ3n) is 2.64. The van der Waals surface area contributed by atoms with Crippen LogP contribution in [0, 0.1) is 11.3 Å². The number of hydrogen-bond acceptors (Lipinski definition) is 5. The molecule has 1 aromatic rings. The molecule has 116 valence electrons. The Balaban J connectivity index is 2.46. The van der Waals surface area contributed by atoms with Crippen LogP contribution < -0.4 is 10.6 Å². The molecule has 0 fully saturated rings. The van der Waals surface area contributed by atoms with Gasteiger partial charge < -0.3 is 15.4 Å². The van der Waals surface area contributed by atoms with E-state index in [1.54, 1.807) is 18.2 Å². The lowest BCUT2D eigenvalue weighted by atomic mass is 10.2. The fraction of sp³-hybridized carbons (Fsp3) is 0.333. The maximum absolute atomic E-state index is 11.9. The predicted molar refractivity (Wildman–Crippen MR) is 78.6 cm³/mol. The van der Waals surface area contributed by atoms with Gasteiger partial charge in [-0.2, -0.15) is 5.26 Å². The molecule has 0 aliphatic heterocycles. The molecule has 0 aliphatic rings. The Kier molecular flexibility index (Phi) is 6.57. The predicted octanol–water partition coefficient (Wildman–Crippen LogP) is 0.955. The van der Waals surface area contributed by atoms with E-state index in [0.717, 1.165) is 0 Å². The molecule has 0 heterocycles. The minimum Gasteiger partial charge on any atom is -0.452 e. The Hall–Kier alpha value is -2.88. The van der Waals surface area contributed by atoms with Gasteiger partial charge in [0.15, 0.2) is 6.10 Å². The second-order valence-electron chi connectivity index (χ2n) is 4.55. The quantitative estimate of drug-likeness (QED) is 0.761. The lowest BCUT2D eigenvalue weighted by Gasteiger charge is -2.13. The van der Waals surface area contributed by atoms with Gasteiger partial charge in [0.05, 0.1) is 18.1 Å². The summed E-state index contributed by atoms with van der Waals surface area (Å²) in [4.78, 5) is 34.0. The number of carbonyl (C=O) groups is 3. The van der Waals surface area contributed by atoms with Crippen molar-refractivity contribution in [1.82, 2.24) is 5.32 Å². The van der Waals surface area contributed by atoms with Crippen LogP contribution >= 0.6 is 0 Å². The van der Waals surface area contributed by atoms with E-state index < -0.39 is 18.0 Å². The fourth-order valence-corrected chi connectivity index (χ4v) is 1.56. The Bertz CT molecular complexity index is 607. The van der Waals surface area contributed by atoms with Crippen LogP contribution in [0.15, 0.2) is 24.3 Å². The number of nitrogens with one attached hydrogen (secondary N) is 2. The molecule has 7 heteroatoms. The van der Waals surface area contributed by atoms with E-state index in [-0.39, 0.29) is 18.9 Å². The summed E-state index contributed by atoms with van der Waals surface area (Å²) in [6.45, 7) is 2.95. The number of hydrogen-bond donors (Lipinski definition) is 2. The Morgan fingerprint density at radius 2 is 2.09 bits per heavy atom. The van der Waals surface area contributed by atoms with Gasteiger partial charge in [-0.1, -0.05) is 6.07 Å². The minimum absolute atomic E-state index is 0.0128. The highest BCUT2D eigenvalue weighted by Gasteiger charge is 2.17. The zero-order chi connectivity index (χ0) is 16.5. The van der Waals surface area contributed by atoms with Crippen molar-refractivity contribution in [2.24, 2.45) is 0 Å². The summed E-state index contributed by atoms with van der Waals surface area (Å²) in [6.07, 6.45) is -0.989. The molecule has 0 aliphatic carbocycles. The Morgan fingerprint density at radius 1 is 1.36 bits per heavy atom.